The van der Waals surface area contributed by atoms with E-state index in [1.165, 1.54) is 18.4 Å². The lowest BCUT2D eigenvalue weighted by atomic mass is 10.0. The molecule has 1 fully saturated rings. The number of methoxy groups -OCH3 is 1. The van der Waals surface area contributed by atoms with Gasteiger partial charge >= 0.3 is 6.03 Å². The van der Waals surface area contributed by atoms with Crippen LogP contribution in [0.5, 0.6) is 0 Å². The van der Waals surface area contributed by atoms with Gasteiger partial charge in [-0.2, -0.15) is 4.98 Å². The second-order valence-electron chi connectivity index (χ2n) is 5.08. The summed E-state index contributed by atoms with van der Waals surface area (Å²) in [5.41, 5.74) is -1.06. The molecule has 0 bridgehead atoms. The molecule has 3 amide bonds. The summed E-state index contributed by atoms with van der Waals surface area (Å²) in [5.74, 6) is 0.270. The van der Waals surface area contributed by atoms with Crippen LogP contribution in [-0.2, 0) is 16.1 Å². The lowest BCUT2D eigenvalue weighted by Crippen LogP contribution is -2.47. The third-order valence-corrected chi connectivity index (χ3v) is 4.14. The van der Waals surface area contributed by atoms with Gasteiger partial charge in [-0.1, -0.05) is 11.2 Å². The number of imide groups is 1. The van der Waals surface area contributed by atoms with Crippen molar-refractivity contribution in [3.63, 3.8) is 0 Å². The van der Waals surface area contributed by atoms with Crippen LogP contribution < -0.4 is 5.32 Å². The maximum atomic E-state index is 12.3. The number of urea groups is 1. The van der Waals surface area contributed by atoms with Crippen molar-refractivity contribution in [1.82, 2.24) is 20.4 Å². The number of rotatable bonds is 5. The third kappa shape index (κ3) is 2.48. The van der Waals surface area contributed by atoms with Gasteiger partial charge in [-0.05, 0) is 18.4 Å². The minimum absolute atomic E-state index is 0.0428. The molecule has 1 atom stereocenters. The van der Waals surface area contributed by atoms with E-state index in [2.05, 4.69) is 15.5 Å². The van der Waals surface area contributed by atoms with E-state index in [-0.39, 0.29) is 24.9 Å². The van der Waals surface area contributed by atoms with Crippen molar-refractivity contribution in [1.29, 1.82) is 0 Å². The minimum atomic E-state index is -1.06. The highest BCUT2D eigenvalue weighted by Gasteiger charge is 2.48. The summed E-state index contributed by atoms with van der Waals surface area (Å²) < 4.78 is 10.1. The Kier molecular flexibility index (Phi) is 3.67. The van der Waals surface area contributed by atoms with Crippen LogP contribution in [0.4, 0.5) is 4.79 Å². The van der Waals surface area contributed by atoms with Gasteiger partial charge in [-0.3, -0.25) is 9.69 Å². The maximum absolute atomic E-state index is 12.3. The van der Waals surface area contributed by atoms with E-state index in [1.54, 1.807) is 6.92 Å². The number of nitrogens with one attached hydrogen (secondary N) is 1. The first-order valence-electron chi connectivity index (χ1n) is 6.53. The molecule has 0 aliphatic carbocycles. The van der Waals surface area contributed by atoms with Crippen molar-refractivity contribution in [2.24, 2.45) is 0 Å². The molecule has 2 aromatic heterocycles. The number of ether oxygens (including phenoxy) is 1. The van der Waals surface area contributed by atoms with E-state index in [4.69, 9.17) is 9.26 Å². The molecule has 1 N–H and O–H groups in total. The summed E-state index contributed by atoms with van der Waals surface area (Å²) in [7, 11) is 1.47. The molecule has 0 spiro atoms. The fraction of sp³-hybridized carbons (Fsp3) is 0.385. The lowest BCUT2D eigenvalue weighted by Gasteiger charge is -2.19. The van der Waals surface area contributed by atoms with Crippen molar-refractivity contribution >= 4 is 23.3 Å². The number of carbonyl (C=O) groups is 2. The zero-order valence-electron chi connectivity index (χ0n) is 12.0. The molecule has 8 nitrogen and oxygen atoms in total. The molecule has 0 unspecified atom stereocenters. The molecule has 3 rings (SSSR count). The molecule has 2 aromatic rings. The Hall–Kier alpha value is -2.26. The van der Waals surface area contributed by atoms with Crippen LogP contribution in [0.15, 0.2) is 22.0 Å². The Morgan fingerprint density at radius 1 is 1.50 bits per heavy atom. The van der Waals surface area contributed by atoms with E-state index in [9.17, 15) is 9.59 Å². The average molecular weight is 322 g/mol. The van der Waals surface area contributed by atoms with Crippen molar-refractivity contribution in [3.8, 4) is 10.8 Å². The Morgan fingerprint density at radius 2 is 2.32 bits per heavy atom. The molecule has 9 heteroatoms. The van der Waals surface area contributed by atoms with Gasteiger partial charge in [0, 0.05) is 7.11 Å². The first-order chi connectivity index (χ1) is 10.5. The monoisotopic (exact) mass is 322 g/mol. The maximum Gasteiger partial charge on any atom is 0.325 e. The lowest BCUT2D eigenvalue weighted by molar-refractivity contribution is -0.132. The van der Waals surface area contributed by atoms with Crippen LogP contribution >= 0.6 is 11.3 Å². The van der Waals surface area contributed by atoms with Crippen LogP contribution in [0.2, 0.25) is 0 Å². The van der Waals surface area contributed by atoms with Gasteiger partial charge in [0.05, 0.1) is 18.0 Å². The highest BCUT2D eigenvalue weighted by molar-refractivity contribution is 7.13. The minimum Gasteiger partial charge on any atom is -0.382 e. The molecule has 0 radical (unpaired) electrons. The van der Waals surface area contributed by atoms with Gasteiger partial charge in [0.2, 0.25) is 0 Å². The van der Waals surface area contributed by atoms with E-state index in [1.807, 2.05) is 17.5 Å². The number of nitrogens with zero attached hydrogens (tertiary/aromatic N) is 3. The van der Waals surface area contributed by atoms with Crippen LogP contribution in [0.1, 0.15) is 12.7 Å². The number of hydrogen-bond donors (Lipinski definition) is 1. The molecule has 116 valence electrons. The number of carbonyl (C=O) groups excluding carboxylic acids is 2. The average Bonchev–Trinajstić information content (AvgIpc) is 3.17. The quantitative estimate of drug-likeness (QED) is 0.832. The molecule has 0 saturated carbocycles. The van der Waals surface area contributed by atoms with Crippen LogP contribution in [0.3, 0.4) is 0 Å². The van der Waals surface area contributed by atoms with Crippen molar-refractivity contribution in [3.05, 3.63) is 23.3 Å². The Balaban J connectivity index is 1.76. The molecular weight excluding hydrogens is 308 g/mol. The van der Waals surface area contributed by atoms with Gasteiger partial charge in [-0.25, -0.2) is 4.79 Å². The predicted octanol–water partition coefficient (Wildman–Crippen LogP) is 1.25. The third-order valence-electron chi connectivity index (χ3n) is 3.28. The molecule has 22 heavy (non-hydrogen) atoms. The molecule has 0 aromatic carbocycles. The van der Waals surface area contributed by atoms with Crippen molar-refractivity contribution in [2.75, 3.05) is 13.7 Å². The molecular formula is C13H14N4O4S. The summed E-state index contributed by atoms with van der Waals surface area (Å²) >= 11 is 1.47. The van der Waals surface area contributed by atoms with Gasteiger partial charge in [0.1, 0.15) is 5.54 Å². The van der Waals surface area contributed by atoms with Gasteiger partial charge in [0.25, 0.3) is 11.8 Å². The van der Waals surface area contributed by atoms with Gasteiger partial charge in [0.15, 0.2) is 5.82 Å². The van der Waals surface area contributed by atoms with Gasteiger partial charge < -0.3 is 14.6 Å². The molecule has 3 heterocycles. The predicted molar refractivity (Wildman–Crippen MR) is 77.0 cm³/mol. The topological polar surface area (TPSA) is 97.6 Å². The van der Waals surface area contributed by atoms with Crippen LogP contribution in [0, 0.1) is 0 Å². The first kappa shape index (κ1) is 14.7. The Morgan fingerprint density at radius 3 is 3.00 bits per heavy atom. The number of aromatic nitrogens is 2. The van der Waals surface area contributed by atoms with E-state index in [0.29, 0.717) is 5.89 Å². The summed E-state index contributed by atoms with van der Waals surface area (Å²) in [6.45, 7) is 1.67. The fourth-order valence-electron chi connectivity index (χ4n) is 2.24. The summed E-state index contributed by atoms with van der Waals surface area (Å²) in [4.78, 5) is 30.4. The second kappa shape index (κ2) is 5.50. The number of amides is 3. The summed E-state index contributed by atoms with van der Waals surface area (Å²) in [6.07, 6.45) is 0. The summed E-state index contributed by atoms with van der Waals surface area (Å²) in [5, 5.41) is 8.32. The molecule has 1 aliphatic heterocycles. The van der Waals surface area contributed by atoms with E-state index < -0.39 is 11.6 Å². The first-order valence-corrected chi connectivity index (χ1v) is 7.41. The van der Waals surface area contributed by atoms with Crippen molar-refractivity contribution < 1.29 is 18.8 Å². The fourth-order valence-corrected chi connectivity index (χ4v) is 2.88. The normalized spacial score (nSPS) is 21.5. The number of thiophene rings is 1. The Labute approximate surface area is 130 Å². The second-order valence-corrected chi connectivity index (χ2v) is 6.03. The zero-order chi connectivity index (χ0) is 15.7. The van der Waals surface area contributed by atoms with Crippen LogP contribution in [-0.4, -0.2) is 46.2 Å². The highest BCUT2D eigenvalue weighted by Crippen LogP contribution is 2.24. The Bertz CT molecular complexity index is 699. The molecule has 1 saturated heterocycles. The largest absolute Gasteiger partial charge is 0.382 e. The number of hydrogen-bond acceptors (Lipinski definition) is 7. The smallest absolute Gasteiger partial charge is 0.325 e. The zero-order valence-corrected chi connectivity index (χ0v) is 12.8. The standard InChI is InChI=1S/C13H14N4O4S/c1-13(7-20-2)11(18)17(12(19)15-13)6-9-14-10(21-16-9)8-4-3-5-22-8/h3-5H,6-7H2,1-2H3,(H,15,19)/t13-/m0/s1. The molecule has 1 aliphatic rings. The SMILES string of the molecule is COC[C@]1(C)NC(=O)N(Cc2noc(-c3cccs3)n2)C1=O. The van der Waals surface area contributed by atoms with E-state index in [0.717, 1.165) is 9.78 Å². The van der Waals surface area contributed by atoms with Crippen LogP contribution in [0.25, 0.3) is 10.8 Å². The highest BCUT2D eigenvalue weighted by atomic mass is 32.1. The summed E-state index contributed by atoms with van der Waals surface area (Å²) in [6, 6.07) is 3.23. The van der Waals surface area contributed by atoms with Crippen molar-refractivity contribution in [2.45, 2.75) is 19.0 Å². The van der Waals surface area contributed by atoms with E-state index >= 15 is 0 Å². The van der Waals surface area contributed by atoms with Gasteiger partial charge in [-0.15, -0.1) is 11.3 Å².